The van der Waals surface area contributed by atoms with Gasteiger partial charge < -0.3 is 10.2 Å². The largest absolute Gasteiger partial charge is 0.390 e. The molecule has 0 fully saturated rings. The molecular weight excluding hydrogens is 464 g/mol. The van der Waals surface area contributed by atoms with E-state index >= 15 is 0 Å². The minimum Gasteiger partial charge on any atom is -0.390 e. The van der Waals surface area contributed by atoms with E-state index in [0.717, 1.165) is 25.7 Å². The maximum Gasteiger partial charge on any atom is 0.0799 e. The van der Waals surface area contributed by atoms with E-state index in [-0.39, 0.29) is 0 Å². The van der Waals surface area contributed by atoms with Crippen molar-refractivity contribution in [1.82, 2.24) is 0 Å². The molecule has 0 aromatic heterocycles. The van der Waals surface area contributed by atoms with Gasteiger partial charge in [-0.3, -0.25) is 0 Å². The molecule has 0 radical (unpaired) electrons. The fourth-order valence-electron chi connectivity index (χ4n) is 5.53. The van der Waals surface area contributed by atoms with Crippen molar-refractivity contribution in [3.63, 3.8) is 0 Å². The monoisotopic (exact) mass is 537 g/mol. The third-order valence-corrected chi connectivity index (χ3v) is 8.31. The minimum atomic E-state index is -0.522. The van der Waals surface area contributed by atoms with Crippen molar-refractivity contribution in [2.45, 2.75) is 219 Å². The second-order valence-corrected chi connectivity index (χ2v) is 12.2. The normalized spacial score (nSPS) is 13.5. The van der Waals surface area contributed by atoms with Crippen LogP contribution >= 0.6 is 0 Å². The van der Waals surface area contributed by atoms with Gasteiger partial charge in [0.25, 0.3) is 0 Å². The fraction of sp³-hybridized carbons (Fsp3) is 0.944. The van der Waals surface area contributed by atoms with Crippen LogP contribution in [-0.2, 0) is 0 Å². The van der Waals surface area contributed by atoms with E-state index in [1.54, 1.807) is 0 Å². The highest BCUT2D eigenvalue weighted by Crippen LogP contribution is 2.17. The summed E-state index contributed by atoms with van der Waals surface area (Å²) in [5, 5.41) is 20.6. The van der Waals surface area contributed by atoms with E-state index in [1.165, 1.54) is 167 Å². The van der Waals surface area contributed by atoms with Gasteiger partial charge in [-0.25, -0.2) is 0 Å². The Bertz CT molecular complexity index is 447. The van der Waals surface area contributed by atoms with Crippen molar-refractivity contribution < 1.29 is 10.2 Å². The summed E-state index contributed by atoms with van der Waals surface area (Å²) in [7, 11) is 0. The molecule has 0 aromatic carbocycles. The highest BCUT2D eigenvalue weighted by molar-refractivity contribution is 4.81. The van der Waals surface area contributed by atoms with Crippen LogP contribution in [0.4, 0.5) is 0 Å². The lowest BCUT2D eigenvalue weighted by Crippen LogP contribution is -2.25. The van der Waals surface area contributed by atoms with Crippen LogP contribution in [0.2, 0.25) is 0 Å². The molecule has 0 spiro atoms. The Morgan fingerprint density at radius 3 is 0.868 bits per heavy atom. The van der Waals surface area contributed by atoms with E-state index in [9.17, 15) is 10.2 Å². The quantitative estimate of drug-likeness (QED) is 0.0663. The lowest BCUT2D eigenvalue weighted by molar-refractivity contribution is 0.00712. The molecule has 0 aliphatic carbocycles. The average Bonchev–Trinajstić information content (AvgIpc) is 2.92. The van der Waals surface area contributed by atoms with Gasteiger partial charge in [0.05, 0.1) is 12.2 Å². The first kappa shape index (κ1) is 37.7. The number of hydrogen-bond donors (Lipinski definition) is 2. The molecule has 228 valence electrons. The summed E-state index contributed by atoms with van der Waals surface area (Å²) in [4.78, 5) is 0. The Balaban J connectivity index is 3.31. The first-order chi connectivity index (χ1) is 18.7. The van der Waals surface area contributed by atoms with Gasteiger partial charge in [-0.15, -0.1) is 0 Å². The minimum absolute atomic E-state index is 0.520. The highest BCUT2D eigenvalue weighted by atomic mass is 16.3. The zero-order valence-electron chi connectivity index (χ0n) is 26.4. The molecule has 0 bridgehead atoms. The number of aliphatic hydroxyl groups excluding tert-OH is 2. The molecule has 2 atom stereocenters. The van der Waals surface area contributed by atoms with Gasteiger partial charge in [0.2, 0.25) is 0 Å². The Kier molecular flexibility index (Phi) is 32.6. The van der Waals surface area contributed by atoms with Gasteiger partial charge >= 0.3 is 0 Å². The standard InChI is InChI=1S/C36H72O2/c1-3-5-7-9-11-13-15-17-19-21-23-25-27-29-31-33-35(37)36(38)34-32-30-28-26-24-22-20-18-16-14-12-10-8-6-4-2/h17,19,35-38H,3-16,18,20-34H2,1-2H3/b19-17+. The van der Waals surface area contributed by atoms with Crippen LogP contribution in [0.1, 0.15) is 206 Å². The SMILES string of the molecule is CCCCCCCC/C=C/CCCCCCCC(O)C(O)CCCCCCCCCCCCCCCCC. The first-order valence-electron chi connectivity index (χ1n) is 17.7. The molecule has 2 heteroatoms. The molecule has 0 rings (SSSR count). The van der Waals surface area contributed by atoms with Crippen molar-refractivity contribution in [1.29, 1.82) is 0 Å². The molecule has 0 saturated heterocycles. The molecule has 2 nitrogen and oxygen atoms in total. The topological polar surface area (TPSA) is 40.5 Å². The van der Waals surface area contributed by atoms with Crippen LogP contribution in [0.25, 0.3) is 0 Å². The van der Waals surface area contributed by atoms with E-state index in [0.29, 0.717) is 0 Å². The number of unbranched alkanes of at least 4 members (excludes halogenated alkanes) is 25. The molecule has 0 aromatic rings. The van der Waals surface area contributed by atoms with Crippen molar-refractivity contribution in [3.8, 4) is 0 Å². The van der Waals surface area contributed by atoms with E-state index < -0.39 is 12.2 Å². The number of hydrogen-bond acceptors (Lipinski definition) is 2. The van der Waals surface area contributed by atoms with E-state index in [2.05, 4.69) is 26.0 Å². The molecule has 0 aliphatic rings. The number of aliphatic hydroxyl groups is 2. The van der Waals surface area contributed by atoms with Crippen LogP contribution in [0, 0.1) is 0 Å². The van der Waals surface area contributed by atoms with Crippen LogP contribution in [0.5, 0.6) is 0 Å². The molecular formula is C36H72O2. The predicted octanol–water partition coefficient (Wildman–Crippen LogP) is 12.0. The van der Waals surface area contributed by atoms with Crippen molar-refractivity contribution >= 4 is 0 Å². The van der Waals surface area contributed by atoms with Crippen molar-refractivity contribution in [2.75, 3.05) is 0 Å². The summed E-state index contributed by atoms with van der Waals surface area (Å²) in [5.74, 6) is 0. The van der Waals surface area contributed by atoms with Gasteiger partial charge in [0.15, 0.2) is 0 Å². The summed E-state index contributed by atoms with van der Waals surface area (Å²) < 4.78 is 0. The van der Waals surface area contributed by atoms with Gasteiger partial charge in [0.1, 0.15) is 0 Å². The third kappa shape index (κ3) is 30.2. The van der Waals surface area contributed by atoms with Crippen LogP contribution in [0.15, 0.2) is 12.2 Å². The molecule has 0 heterocycles. The molecule has 38 heavy (non-hydrogen) atoms. The Labute approximate surface area is 240 Å². The van der Waals surface area contributed by atoms with Gasteiger partial charge in [0, 0.05) is 0 Å². The zero-order valence-corrected chi connectivity index (χ0v) is 26.4. The number of allylic oxidation sites excluding steroid dienone is 2. The first-order valence-corrected chi connectivity index (χ1v) is 17.7. The fourth-order valence-corrected chi connectivity index (χ4v) is 5.53. The van der Waals surface area contributed by atoms with Gasteiger partial charge in [-0.1, -0.05) is 180 Å². The summed E-state index contributed by atoms with van der Waals surface area (Å²) in [6.07, 6.45) is 42.5. The Morgan fingerprint density at radius 1 is 0.342 bits per heavy atom. The van der Waals surface area contributed by atoms with Gasteiger partial charge in [-0.2, -0.15) is 0 Å². The zero-order chi connectivity index (χ0) is 27.8. The molecule has 0 aliphatic heterocycles. The average molecular weight is 537 g/mol. The molecule has 2 unspecified atom stereocenters. The van der Waals surface area contributed by atoms with E-state index in [4.69, 9.17) is 0 Å². The van der Waals surface area contributed by atoms with E-state index in [1.807, 2.05) is 0 Å². The maximum absolute atomic E-state index is 10.3. The van der Waals surface area contributed by atoms with Gasteiger partial charge in [-0.05, 0) is 38.5 Å². The summed E-state index contributed by atoms with van der Waals surface area (Å²) in [6.45, 7) is 4.56. The molecule has 0 amide bonds. The van der Waals surface area contributed by atoms with Crippen molar-refractivity contribution in [2.24, 2.45) is 0 Å². The summed E-state index contributed by atoms with van der Waals surface area (Å²) in [6, 6.07) is 0. The molecule has 0 saturated carbocycles. The summed E-state index contributed by atoms with van der Waals surface area (Å²) >= 11 is 0. The molecule has 2 N–H and O–H groups in total. The predicted molar refractivity (Wildman–Crippen MR) is 171 cm³/mol. The third-order valence-electron chi connectivity index (χ3n) is 8.31. The van der Waals surface area contributed by atoms with Crippen LogP contribution in [-0.4, -0.2) is 22.4 Å². The van der Waals surface area contributed by atoms with Crippen molar-refractivity contribution in [3.05, 3.63) is 12.2 Å². The Hall–Kier alpha value is -0.340. The highest BCUT2D eigenvalue weighted by Gasteiger charge is 2.15. The summed E-state index contributed by atoms with van der Waals surface area (Å²) in [5.41, 5.74) is 0. The lowest BCUT2D eigenvalue weighted by atomic mass is 9.99. The Morgan fingerprint density at radius 2 is 0.579 bits per heavy atom. The number of rotatable bonds is 32. The van der Waals surface area contributed by atoms with Crippen LogP contribution in [0.3, 0.4) is 0 Å². The maximum atomic E-state index is 10.3. The smallest absolute Gasteiger partial charge is 0.0799 e. The second kappa shape index (κ2) is 32.9. The van der Waals surface area contributed by atoms with Crippen LogP contribution < -0.4 is 0 Å². The lowest BCUT2D eigenvalue weighted by Gasteiger charge is -2.17. The second-order valence-electron chi connectivity index (χ2n) is 12.2.